The fourth-order valence-electron chi connectivity index (χ4n) is 4.59. The molecule has 8 heteroatoms. The van der Waals surface area contributed by atoms with Gasteiger partial charge >= 0.3 is 0 Å². The Morgan fingerprint density at radius 2 is 1.67 bits per heavy atom. The maximum Gasteiger partial charge on any atom is 0.271 e. The summed E-state index contributed by atoms with van der Waals surface area (Å²) < 4.78 is 11.7. The maximum absolute atomic E-state index is 12.7. The minimum Gasteiger partial charge on any atom is -0.493 e. The Balaban J connectivity index is 1.05. The maximum atomic E-state index is 12.7. The molecule has 212 valence electrons. The predicted octanol–water partition coefficient (Wildman–Crippen LogP) is 8.06. The molecule has 1 aromatic heterocycles. The summed E-state index contributed by atoms with van der Waals surface area (Å²) in [6, 6.07) is 37.1. The Labute approximate surface area is 253 Å². The van der Waals surface area contributed by atoms with Crippen LogP contribution in [-0.4, -0.2) is 24.2 Å². The van der Waals surface area contributed by atoms with Crippen LogP contribution in [0.15, 0.2) is 126 Å². The van der Waals surface area contributed by atoms with Gasteiger partial charge in [0.15, 0.2) is 16.6 Å². The number of carbonyl (C=O) groups excluding carboxylic acids is 1. The van der Waals surface area contributed by atoms with Crippen molar-refractivity contribution in [2.75, 3.05) is 12.4 Å². The highest BCUT2D eigenvalue weighted by Gasteiger charge is 2.10. The second kappa shape index (κ2) is 13.0. The molecule has 0 aliphatic carbocycles. The van der Waals surface area contributed by atoms with Gasteiger partial charge in [0.05, 0.1) is 19.0 Å². The van der Waals surface area contributed by atoms with E-state index in [1.165, 1.54) is 16.7 Å². The van der Waals surface area contributed by atoms with Gasteiger partial charge in [0.1, 0.15) is 6.61 Å². The lowest BCUT2D eigenvalue weighted by atomic mass is 10.1. The first kappa shape index (κ1) is 27.7. The van der Waals surface area contributed by atoms with Gasteiger partial charge in [0.2, 0.25) is 0 Å². The Bertz CT molecular complexity index is 1880. The average Bonchev–Trinajstić information content (AvgIpc) is 3.53. The van der Waals surface area contributed by atoms with Gasteiger partial charge in [-0.1, -0.05) is 72.8 Å². The molecule has 7 nitrogen and oxygen atoms in total. The lowest BCUT2D eigenvalue weighted by molar-refractivity contribution is 0.0955. The second-order valence-electron chi connectivity index (χ2n) is 9.64. The van der Waals surface area contributed by atoms with E-state index in [0.717, 1.165) is 38.6 Å². The quantitative estimate of drug-likeness (QED) is 0.126. The predicted molar refractivity (Wildman–Crippen MR) is 174 cm³/mol. The van der Waals surface area contributed by atoms with Crippen LogP contribution >= 0.6 is 11.3 Å². The summed E-state index contributed by atoms with van der Waals surface area (Å²) in [6.07, 6.45) is 1.57. The zero-order valence-electron chi connectivity index (χ0n) is 23.4. The van der Waals surface area contributed by atoms with Gasteiger partial charge in [-0.15, -0.1) is 11.3 Å². The Morgan fingerprint density at radius 3 is 2.51 bits per heavy atom. The van der Waals surface area contributed by atoms with Crippen molar-refractivity contribution < 1.29 is 14.3 Å². The third-order valence-electron chi connectivity index (χ3n) is 6.80. The van der Waals surface area contributed by atoms with Crippen molar-refractivity contribution in [1.29, 1.82) is 0 Å². The lowest BCUT2D eigenvalue weighted by Crippen LogP contribution is -2.17. The molecule has 1 heterocycles. The van der Waals surface area contributed by atoms with Crippen LogP contribution in [0.25, 0.3) is 22.0 Å². The van der Waals surface area contributed by atoms with Crippen molar-refractivity contribution in [3.8, 4) is 22.8 Å². The standard InChI is InChI=1S/C35H28N4O3S/c1-41-33-20-24(14-19-32(33)42-22-28-10-7-9-25-8-5-6-13-30(25)28)21-36-39-34(40)27-17-15-26(16-18-27)31-23-43-35(38-31)37-29-11-3-2-4-12-29/h2-21,23H,22H2,1H3,(H,37,38)(H,39,40)/b36-21-. The molecule has 5 aromatic carbocycles. The SMILES string of the molecule is COc1cc(/C=N\NC(=O)c2ccc(-c3csc(Nc4ccccc4)n3)cc2)ccc1OCc1cccc2ccccc12. The van der Waals surface area contributed by atoms with Crippen molar-refractivity contribution in [3.63, 3.8) is 0 Å². The molecule has 0 atom stereocenters. The largest absolute Gasteiger partial charge is 0.493 e. The van der Waals surface area contributed by atoms with Crippen LogP contribution in [-0.2, 0) is 6.61 Å². The number of hydrogen-bond donors (Lipinski definition) is 2. The van der Waals surface area contributed by atoms with Gasteiger partial charge in [0.25, 0.3) is 5.91 Å². The first-order valence-corrected chi connectivity index (χ1v) is 14.5. The number of nitrogens with zero attached hydrogens (tertiary/aromatic N) is 2. The fourth-order valence-corrected chi connectivity index (χ4v) is 5.33. The monoisotopic (exact) mass is 584 g/mol. The van der Waals surface area contributed by atoms with Crippen molar-refractivity contribution in [1.82, 2.24) is 10.4 Å². The summed E-state index contributed by atoms with van der Waals surface area (Å²) in [5.41, 5.74) is 7.68. The zero-order chi connectivity index (χ0) is 29.4. The summed E-state index contributed by atoms with van der Waals surface area (Å²) in [5.74, 6) is 0.893. The van der Waals surface area contributed by atoms with E-state index in [2.05, 4.69) is 45.1 Å². The number of para-hydroxylation sites is 1. The minimum absolute atomic E-state index is 0.311. The highest BCUT2D eigenvalue weighted by atomic mass is 32.1. The first-order valence-electron chi connectivity index (χ1n) is 13.7. The molecule has 0 aliphatic rings. The second-order valence-corrected chi connectivity index (χ2v) is 10.5. The number of ether oxygens (including phenoxy) is 2. The number of hydrogen-bond acceptors (Lipinski definition) is 7. The number of methoxy groups -OCH3 is 1. The van der Waals surface area contributed by atoms with Crippen LogP contribution < -0.4 is 20.2 Å². The molecule has 0 saturated carbocycles. The number of carbonyl (C=O) groups is 1. The molecule has 0 fully saturated rings. The van der Waals surface area contributed by atoms with E-state index in [9.17, 15) is 4.79 Å². The van der Waals surface area contributed by atoms with Gasteiger partial charge in [-0.05, 0) is 64.4 Å². The number of hydrazone groups is 1. The van der Waals surface area contributed by atoms with Gasteiger partial charge in [0, 0.05) is 22.2 Å². The third kappa shape index (κ3) is 6.72. The van der Waals surface area contributed by atoms with Crippen LogP contribution in [0.4, 0.5) is 10.8 Å². The number of anilines is 2. The number of rotatable bonds is 10. The molecule has 0 unspecified atom stereocenters. The summed E-state index contributed by atoms with van der Waals surface area (Å²) in [5, 5.41) is 12.6. The molecule has 0 bridgehead atoms. The van der Waals surface area contributed by atoms with Crippen LogP contribution in [0.1, 0.15) is 21.5 Å². The zero-order valence-corrected chi connectivity index (χ0v) is 24.2. The Hall–Kier alpha value is -5.47. The molecule has 0 aliphatic heterocycles. The van der Waals surface area contributed by atoms with Gasteiger partial charge < -0.3 is 14.8 Å². The summed E-state index contributed by atoms with van der Waals surface area (Å²) in [6.45, 7) is 0.411. The van der Waals surface area contributed by atoms with Crippen molar-refractivity contribution in [2.24, 2.45) is 5.10 Å². The summed E-state index contributed by atoms with van der Waals surface area (Å²) >= 11 is 1.53. The van der Waals surface area contributed by atoms with E-state index in [4.69, 9.17) is 9.47 Å². The van der Waals surface area contributed by atoms with E-state index >= 15 is 0 Å². The molecule has 2 N–H and O–H groups in total. The van der Waals surface area contributed by atoms with Crippen LogP contribution in [0.2, 0.25) is 0 Å². The van der Waals surface area contributed by atoms with E-state index < -0.39 is 0 Å². The van der Waals surface area contributed by atoms with Crippen molar-refractivity contribution >= 4 is 45.0 Å². The highest BCUT2D eigenvalue weighted by molar-refractivity contribution is 7.14. The molecular weight excluding hydrogens is 556 g/mol. The topological polar surface area (TPSA) is 84.8 Å². The molecule has 0 spiro atoms. The summed E-state index contributed by atoms with van der Waals surface area (Å²) in [7, 11) is 1.60. The molecule has 6 aromatic rings. The van der Waals surface area contributed by atoms with E-state index in [1.54, 1.807) is 25.5 Å². The molecule has 0 saturated heterocycles. The van der Waals surface area contributed by atoms with E-state index in [-0.39, 0.29) is 5.91 Å². The van der Waals surface area contributed by atoms with Gasteiger partial charge in [-0.25, -0.2) is 10.4 Å². The third-order valence-corrected chi connectivity index (χ3v) is 7.56. The van der Waals surface area contributed by atoms with E-state index in [0.29, 0.717) is 23.7 Å². The molecule has 43 heavy (non-hydrogen) atoms. The normalized spacial score (nSPS) is 11.0. The number of nitrogens with one attached hydrogen (secondary N) is 2. The van der Waals surface area contributed by atoms with Crippen LogP contribution in [0.3, 0.4) is 0 Å². The number of benzene rings is 5. The lowest BCUT2D eigenvalue weighted by Gasteiger charge is -2.12. The molecular formula is C35H28N4O3S. The molecule has 1 amide bonds. The fraction of sp³-hybridized carbons (Fsp3) is 0.0571. The number of thiazole rings is 1. The molecule has 6 rings (SSSR count). The number of aromatic nitrogens is 1. The highest BCUT2D eigenvalue weighted by Crippen LogP contribution is 2.30. The Kier molecular flexibility index (Phi) is 8.38. The minimum atomic E-state index is -0.311. The smallest absolute Gasteiger partial charge is 0.271 e. The summed E-state index contributed by atoms with van der Waals surface area (Å²) in [4.78, 5) is 17.3. The number of amides is 1. The van der Waals surface area contributed by atoms with Crippen LogP contribution in [0.5, 0.6) is 11.5 Å². The van der Waals surface area contributed by atoms with E-state index in [1.807, 2.05) is 84.2 Å². The first-order chi connectivity index (χ1) is 21.2. The van der Waals surface area contributed by atoms with Gasteiger partial charge in [-0.3, -0.25) is 4.79 Å². The van der Waals surface area contributed by atoms with Crippen molar-refractivity contribution in [2.45, 2.75) is 6.61 Å². The average molecular weight is 585 g/mol. The number of fused-ring (bicyclic) bond motifs is 1. The van der Waals surface area contributed by atoms with Crippen molar-refractivity contribution in [3.05, 3.63) is 137 Å². The molecule has 0 radical (unpaired) electrons. The van der Waals surface area contributed by atoms with Gasteiger partial charge in [-0.2, -0.15) is 5.10 Å². The Morgan fingerprint density at radius 1 is 0.884 bits per heavy atom. The van der Waals surface area contributed by atoms with Crippen LogP contribution in [0, 0.1) is 0 Å².